The zero-order valence-corrected chi connectivity index (χ0v) is 13.8. The molecule has 2 nitrogen and oxygen atoms in total. The van der Waals surface area contributed by atoms with E-state index in [0.717, 1.165) is 21.3 Å². The van der Waals surface area contributed by atoms with Crippen molar-refractivity contribution < 1.29 is 4.74 Å². The van der Waals surface area contributed by atoms with Crippen LogP contribution in [0.5, 0.6) is 5.75 Å². The average molecular weight is 355 g/mol. The normalized spacial score (nSPS) is 13.8. The molecule has 20 heavy (non-hydrogen) atoms. The van der Waals surface area contributed by atoms with Crippen molar-refractivity contribution in [2.24, 2.45) is 5.73 Å². The van der Waals surface area contributed by atoms with E-state index in [2.05, 4.69) is 15.9 Å². The summed E-state index contributed by atoms with van der Waals surface area (Å²) >= 11 is 9.38. The lowest BCUT2D eigenvalue weighted by Crippen LogP contribution is -2.29. The highest BCUT2D eigenvalue weighted by molar-refractivity contribution is 9.10. The molecule has 4 heteroatoms. The molecule has 0 aliphatic carbocycles. The number of aryl methyl sites for hydroxylation is 1. The second-order valence-corrected chi connectivity index (χ2v) is 6.21. The highest BCUT2D eigenvalue weighted by Crippen LogP contribution is 2.29. The van der Waals surface area contributed by atoms with Crippen molar-refractivity contribution in [3.8, 4) is 5.75 Å². The lowest BCUT2D eigenvalue weighted by Gasteiger charge is -2.24. The molecule has 0 aromatic heterocycles. The molecule has 0 saturated carbocycles. The summed E-state index contributed by atoms with van der Waals surface area (Å²) in [6.07, 6.45) is -0.208. The number of hydrogen-bond acceptors (Lipinski definition) is 2. The molecule has 0 fully saturated rings. The lowest BCUT2D eigenvalue weighted by molar-refractivity contribution is 0.179. The summed E-state index contributed by atoms with van der Waals surface area (Å²) in [5.41, 5.74) is 8.17. The molecule has 0 spiro atoms. The lowest BCUT2D eigenvalue weighted by atomic mass is 10.0. The molecular weight excluding hydrogens is 338 g/mol. The summed E-state index contributed by atoms with van der Waals surface area (Å²) in [5.74, 6) is 0.830. The van der Waals surface area contributed by atoms with Crippen LogP contribution in [0.15, 0.2) is 46.9 Å². The van der Waals surface area contributed by atoms with Gasteiger partial charge in [-0.3, -0.25) is 0 Å². The topological polar surface area (TPSA) is 35.2 Å². The van der Waals surface area contributed by atoms with Gasteiger partial charge >= 0.3 is 0 Å². The number of ether oxygens (including phenoxy) is 1. The Morgan fingerprint density at radius 3 is 2.40 bits per heavy atom. The first kappa shape index (κ1) is 15.4. The first-order valence-corrected chi connectivity index (χ1v) is 7.58. The van der Waals surface area contributed by atoms with E-state index in [-0.39, 0.29) is 12.1 Å². The summed E-state index contributed by atoms with van der Waals surface area (Å²) in [5, 5.41) is 0.704. The van der Waals surface area contributed by atoms with Crippen LogP contribution < -0.4 is 10.5 Å². The minimum absolute atomic E-state index is 0.130. The zero-order chi connectivity index (χ0) is 14.7. The van der Waals surface area contributed by atoms with Gasteiger partial charge in [0.25, 0.3) is 0 Å². The monoisotopic (exact) mass is 353 g/mol. The molecular formula is C16H17BrClNO. The third-order valence-electron chi connectivity index (χ3n) is 3.08. The van der Waals surface area contributed by atoms with Crippen LogP contribution in [-0.2, 0) is 0 Å². The van der Waals surface area contributed by atoms with Gasteiger partial charge in [0.05, 0.1) is 0 Å². The fourth-order valence-electron chi connectivity index (χ4n) is 1.97. The van der Waals surface area contributed by atoms with Gasteiger partial charge < -0.3 is 10.5 Å². The van der Waals surface area contributed by atoms with Crippen LogP contribution in [0.2, 0.25) is 5.02 Å². The molecule has 2 N–H and O–H groups in total. The zero-order valence-electron chi connectivity index (χ0n) is 11.4. The van der Waals surface area contributed by atoms with Crippen molar-refractivity contribution >= 4 is 27.5 Å². The van der Waals surface area contributed by atoms with Crippen molar-refractivity contribution in [1.29, 1.82) is 0 Å². The van der Waals surface area contributed by atoms with Crippen LogP contribution in [0.1, 0.15) is 24.2 Å². The van der Waals surface area contributed by atoms with Crippen molar-refractivity contribution in [3.63, 3.8) is 0 Å². The molecule has 2 rings (SSSR count). The van der Waals surface area contributed by atoms with Gasteiger partial charge in [-0.15, -0.1) is 0 Å². The first-order chi connectivity index (χ1) is 9.47. The third kappa shape index (κ3) is 3.75. The number of nitrogens with two attached hydrogens (primary N) is 1. The molecule has 0 aliphatic heterocycles. The largest absolute Gasteiger partial charge is 0.484 e. The third-order valence-corrected chi connectivity index (χ3v) is 3.83. The van der Waals surface area contributed by atoms with Gasteiger partial charge in [0.2, 0.25) is 0 Å². The Bertz CT molecular complexity index is 584. The molecule has 0 heterocycles. The van der Waals surface area contributed by atoms with E-state index in [9.17, 15) is 0 Å². The van der Waals surface area contributed by atoms with Crippen LogP contribution in [0.4, 0.5) is 0 Å². The fraction of sp³-hybridized carbons (Fsp3) is 0.250. The van der Waals surface area contributed by atoms with E-state index >= 15 is 0 Å². The predicted molar refractivity (Wildman–Crippen MR) is 87.3 cm³/mol. The quantitative estimate of drug-likeness (QED) is 0.849. The van der Waals surface area contributed by atoms with Crippen molar-refractivity contribution in [3.05, 3.63) is 63.1 Å². The molecule has 0 saturated heterocycles. The molecule has 106 valence electrons. The Balaban J connectivity index is 2.30. The summed E-state index contributed by atoms with van der Waals surface area (Å²) in [7, 11) is 0. The van der Waals surface area contributed by atoms with Crippen molar-refractivity contribution in [1.82, 2.24) is 0 Å². The van der Waals surface area contributed by atoms with Crippen LogP contribution in [0, 0.1) is 6.92 Å². The van der Waals surface area contributed by atoms with Crippen LogP contribution in [0.25, 0.3) is 0 Å². The maximum Gasteiger partial charge on any atom is 0.138 e. The van der Waals surface area contributed by atoms with Crippen molar-refractivity contribution in [2.75, 3.05) is 0 Å². The van der Waals surface area contributed by atoms with Crippen LogP contribution in [-0.4, -0.2) is 6.04 Å². The van der Waals surface area contributed by atoms with Gasteiger partial charge in [-0.25, -0.2) is 0 Å². The molecule has 0 bridgehead atoms. The van der Waals surface area contributed by atoms with Gasteiger partial charge in [0, 0.05) is 15.5 Å². The van der Waals surface area contributed by atoms with Gasteiger partial charge in [-0.1, -0.05) is 45.7 Å². The summed E-state index contributed by atoms with van der Waals surface area (Å²) < 4.78 is 7.10. The predicted octanol–water partition coefficient (Wildman–Crippen LogP) is 4.88. The van der Waals surface area contributed by atoms with Gasteiger partial charge in [0.15, 0.2) is 0 Å². The number of hydrogen-bond donors (Lipinski definition) is 1. The Hall–Kier alpha value is -1.03. The minimum atomic E-state index is -0.208. The van der Waals surface area contributed by atoms with Crippen molar-refractivity contribution in [2.45, 2.75) is 26.0 Å². The molecule has 2 aromatic rings. The molecule has 2 unspecified atom stereocenters. The highest BCUT2D eigenvalue weighted by Gasteiger charge is 2.19. The number of benzene rings is 2. The van der Waals surface area contributed by atoms with E-state index in [1.54, 1.807) is 0 Å². The van der Waals surface area contributed by atoms with Gasteiger partial charge in [-0.2, -0.15) is 0 Å². The number of rotatable bonds is 4. The maximum atomic E-state index is 6.12. The second-order valence-electron chi connectivity index (χ2n) is 4.86. The summed E-state index contributed by atoms with van der Waals surface area (Å²) in [6, 6.07) is 13.4. The Labute approximate surface area is 133 Å². The molecule has 2 atom stereocenters. The second kappa shape index (κ2) is 6.61. The Morgan fingerprint density at radius 1 is 1.15 bits per heavy atom. The minimum Gasteiger partial charge on any atom is -0.484 e. The first-order valence-electron chi connectivity index (χ1n) is 6.41. The van der Waals surface area contributed by atoms with E-state index < -0.39 is 0 Å². The van der Waals surface area contributed by atoms with E-state index in [4.69, 9.17) is 22.1 Å². The Morgan fingerprint density at radius 2 is 1.80 bits per heavy atom. The average Bonchev–Trinajstić information content (AvgIpc) is 2.40. The molecule has 0 radical (unpaired) electrons. The van der Waals surface area contributed by atoms with Gasteiger partial charge in [-0.05, 0) is 49.2 Å². The molecule has 0 aliphatic rings. The Kier molecular flexibility index (Phi) is 5.08. The summed E-state index contributed by atoms with van der Waals surface area (Å²) in [6.45, 7) is 3.95. The molecule has 0 amide bonds. The highest BCUT2D eigenvalue weighted by atomic mass is 79.9. The maximum absolute atomic E-state index is 6.12. The smallest absolute Gasteiger partial charge is 0.138 e. The summed E-state index contributed by atoms with van der Waals surface area (Å²) in [4.78, 5) is 0. The van der Waals surface area contributed by atoms with E-state index in [0.29, 0.717) is 5.02 Å². The fourth-order valence-corrected chi connectivity index (χ4v) is 2.44. The standard InChI is InChI=1S/C16H17BrClNO/c1-10-3-6-13(17)9-15(10)20-16(11(2)19)12-4-7-14(18)8-5-12/h3-9,11,16H,19H2,1-2H3. The van der Waals surface area contributed by atoms with E-state index in [1.165, 1.54) is 0 Å². The number of halogens is 2. The van der Waals surface area contributed by atoms with E-state index in [1.807, 2.05) is 56.3 Å². The van der Waals surface area contributed by atoms with Crippen LogP contribution >= 0.6 is 27.5 Å². The van der Waals surface area contributed by atoms with Crippen LogP contribution in [0.3, 0.4) is 0 Å². The SMILES string of the molecule is Cc1ccc(Br)cc1OC(c1ccc(Cl)cc1)C(C)N. The van der Waals surface area contributed by atoms with Gasteiger partial charge in [0.1, 0.15) is 11.9 Å². The molecule has 2 aromatic carbocycles.